The molecule has 0 fully saturated rings. The molecular weight excluding hydrogens is 83.7 g/mol. The highest BCUT2D eigenvalue weighted by Crippen LogP contribution is 1.67. The fourth-order valence-electron chi connectivity index (χ4n) is 0.329. The summed E-state index contributed by atoms with van der Waals surface area (Å²) in [5, 5.41) is 3.03. The van der Waals surface area contributed by atoms with Gasteiger partial charge in [0.15, 0.2) is 0 Å². The van der Waals surface area contributed by atoms with Crippen LogP contribution in [0.3, 0.4) is 0 Å². The fraction of sp³-hybridized carbons (Fsp3) is 1.00. The number of nitrogens with one attached hydrogen (secondary N) is 1. The average molecular weight is 92.7 g/mol. The van der Waals surface area contributed by atoms with Gasteiger partial charge in [-0.1, -0.05) is 12.6 Å². The van der Waals surface area contributed by atoms with Gasteiger partial charge in [0.2, 0.25) is 0 Å². The van der Waals surface area contributed by atoms with Gasteiger partial charge in [0.1, 0.15) is 0 Å². The van der Waals surface area contributed by atoms with Crippen LogP contribution in [0.25, 0.3) is 0 Å². The van der Waals surface area contributed by atoms with Gasteiger partial charge < -0.3 is 5.32 Å². The Labute approximate surface area is 47.7 Å². The molecule has 0 aromatic heterocycles. The summed E-state index contributed by atoms with van der Waals surface area (Å²) in [6.45, 7) is 1.74. The summed E-state index contributed by atoms with van der Waals surface area (Å²) in [5.41, 5.74) is 0. The molecule has 0 rings (SSSR count). The summed E-state index contributed by atoms with van der Waals surface area (Å²) < 4.78 is 0. The van der Waals surface area contributed by atoms with Crippen molar-refractivity contribution >= 4 is 15.7 Å². The van der Waals surface area contributed by atoms with E-state index in [0.717, 1.165) is 13.1 Å². The van der Waals surface area contributed by atoms with Crippen molar-refractivity contribution in [2.45, 2.75) is 12.6 Å². The molecule has 0 heterocycles. The average Bonchev–Trinajstić information content (AvgIpc) is 1.69. The number of rotatable bonds is 4. The van der Waals surface area contributed by atoms with Gasteiger partial charge in [-0.2, -0.15) is 0 Å². The summed E-state index contributed by atoms with van der Waals surface area (Å²) in [5.74, 6) is 0. The van der Waals surface area contributed by atoms with E-state index in [1.54, 1.807) is 0 Å². The molecule has 0 aromatic rings. The first-order valence-electron chi connectivity index (χ1n) is 2.52. The third-order valence-corrected chi connectivity index (χ3v) is 0.642. The van der Waals surface area contributed by atoms with E-state index in [4.69, 9.17) is 15.7 Å². The molecule has 0 bridgehead atoms. The largest absolute Gasteiger partial charge is 0.318 e. The summed E-state index contributed by atoms with van der Waals surface area (Å²) >= 11 is 0. The van der Waals surface area contributed by atoms with E-state index in [1.807, 2.05) is 0 Å². The minimum absolute atomic E-state index is 0.694. The summed E-state index contributed by atoms with van der Waals surface area (Å²) in [7, 11) is 10.3. The van der Waals surface area contributed by atoms with Crippen LogP contribution < -0.4 is 5.32 Å². The molecule has 0 aliphatic carbocycles. The van der Waals surface area contributed by atoms with Crippen molar-refractivity contribution in [1.82, 2.24) is 5.32 Å². The normalized spacial score (nSPS) is 9.14. The van der Waals surface area contributed by atoms with Crippen LogP contribution in [0.1, 0.15) is 0 Å². The van der Waals surface area contributed by atoms with Crippen molar-refractivity contribution in [2.75, 3.05) is 13.1 Å². The van der Waals surface area contributed by atoms with E-state index in [0.29, 0.717) is 12.6 Å². The number of hydrogen-bond acceptors (Lipinski definition) is 1. The lowest BCUT2D eigenvalue weighted by molar-refractivity contribution is 0.761. The van der Waals surface area contributed by atoms with Crippen LogP contribution in [0, 0.1) is 0 Å². The second-order valence-corrected chi connectivity index (χ2v) is 1.33. The molecule has 1 nitrogen and oxygen atoms in total. The van der Waals surface area contributed by atoms with Crippen molar-refractivity contribution in [1.29, 1.82) is 0 Å². The van der Waals surface area contributed by atoms with Crippen LogP contribution in [0.15, 0.2) is 0 Å². The fourth-order valence-corrected chi connectivity index (χ4v) is 0.329. The van der Waals surface area contributed by atoms with Crippen molar-refractivity contribution in [3.05, 3.63) is 0 Å². The van der Waals surface area contributed by atoms with Gasteiger partial charge in [-0.3, -0.25) is 0 Å². The zero-order valence-corrected chi connectivity index (χ0v) is 4.48. The summed E-state index contributed by atoms with van der Waals surface area (Å²) in [6.07, 6.45) is 1.39. The van der Waals surface area contributed by atoms with Gasteiger partial charge in [0.25, 0.3) is 0 Å². The molecule has 0 saturated heterocycles. The van der Waals surface area contributed by atoms with Crippen LogP contribution in [0.4, 0.5) is 0 Å². The van der Waals surface area contributed by atoms with Crippen LogP contribution in [-0.2, 0) is 0 Å². The van der Waals surface area contributed by atoms with E-state index in [-0.39, 0.29) is 0 Å². The standard InChI is InChI=1S/C4H9B2N/c5-1-3-7-4-2-6/h7H,1-4H2. The zero-order chi connectivity index (χ0) is 5.54. The Bertz CT molecular complexity index is 28.9. The Morgan fingerprint density at radius 2 is 1.43 bits per heavy atom. The van der Waals surface area contributed by atoms with Gasteiger partial charge in [-0.05, 0) is 13.1 Å². The smallest absolute Gasteiger partial charge is 0.0670 e. The van der Waals surface area contributed by atoms with Gasteiger partial charge in [-0.25, -0.2) is 0 Å². The Morgan fingerprint density at radius 1 is 1.00 bits per heavy atom. The molecule has 0 saturated carbocycles. The quantitative estimate of drug-likeness (QED) is 0.373. The number of hydrogen-bond donors (Lipinski definition) is 1. The predicted molar refractivity (Wildman–Crippen MR) is 34.0 cm³/mol. The third-order valence-electron chi connectivity index (χ3n) is 0.642. The van der Waals surface area contributed by atoms with Crippen LogP contribution in [0.5, 0.6) is 0 Å². The molecular formula is C4H9B2N. The van der Waals surface area contributed by atoms with E-state index >= 15 is 0 Å². The van der Waals surface area contributed by atoms with Crippen LogP contribution in [-0.4, -0.2) is 28.8 Å². The molecule has 1 N–H and O–H groups in total. The lowest BCUT2D eigenvalue weighted by Gasteiger charge is -1.96. The van der Waals surface area contributed by atoms with Crippen molar-refractivity contribution in [2.24, 2.45) is 0 Å². The van der Waals surface area contributed by atoms with E-state index < -0.39 is 0 Å². The van der Waals surface area contributed by atoms with Gasteiger partial charge in [0.05, 0.1) is 15.7 Å². The first-order valence-corrected chi connectivity index (χ1v) is 2.52. The molecule has 0 aliphatic heterocycles. The maximum Gasteiger partial charge on any atom is 0.0670 e. The monoisotopic (exact) mass is 93.1 g/mol. The Hall–Kier alpha value is 0.0899. The molecule has 0 spiro atoms. The molecule has 7 heavy (non-hydrogen) atoms. The summed E-state index contributed by atoms with van der Waals surface area (Å²) in [6, 6.07) is 0. The first-order chi connectivity index (χ1) is 3.41. The zero-order valence-electron chi connectivity index (χ0n) is 4.48. The first kappa shape index (κ1) is 7.09. The highest BCUT2D eigenvalue weighted by molar-refractivity contribution is 6.09. The topological polar surface area (TPSA) is 12.0 Å². The highest BCUT2D eigenvalue weighted by atomic mass is 14.8. The van der Waals surface area contributed by atoms with Gasteiger partial charge in [0, 0.05) is 0 Å². The van der Waals surface area contributed by atoms with E-state index in [2.05, 4.69) is 5.32 Å². The Kier molecular flexibility index (Phi) is 6.17. The highest BCUT2D eigenvalue weighted by Gasteiger charge is 1.76. The van der Waals surface area contributed by atoms with E-state index in [9.17, 15) is 0 Å². The molecule has 3 heteroatoms. The maximum atomic E-state index is 5.17. The van der Waals surface area contributed by atoms with Gasteiger partial charge >= 0.3 is 0 Å². The van der Waals surface area contributed by atoms with Crippen molar-refractivity contribution in [3.8, 4) is 0 Å². The van der Waals surface area contributed by atoms with Crippen molar-refractivity contribution < 1.29 is 0 Å². The summed E-state index contributed by atoms with van der Waals surface area (Å²) in [4.78, 5) is 0. The maximum absolute atomic E-state index is 5.17. The SMILES string of the molecule is [B]CCNCC[B]. The molecule has 0 amide bonds. The lowest BCUT2D eigenvalue weighted by atomic mass is 10.0. The van der Waals surface area contributed by atoms with Crippen LogP contribution in [0.2, 0.25) is 12.6 Å². The molecule has 0 aromatic carbocycles. The Balaban J connectivity index is 2.45. The third kappa shape index (κ3) is 6.09. The Morgan fingerprint density at radius 3 is 1.71 bits per heavy atom. The molecule has 4 radical (unpaired) electrons. The van der Waals surface area contributed by atoms with Crippen molar-refractivity contribution in [3.63, 3.8) is 0 Å². The minimum atomic E-state index is 0.694. The second kappa shape index (κ2) is 6.09. The van der Waals surface area contributed by atoms with Crippen LogP contribution >= 0.6 is 0 Å². The van der Waals surface area contributed by atoms with E-state index in [1.165, 1.54) is 0 Å². The second-order valence-electron chi connectivity index (χ2n) is 1.33. The minimum Gasteiger partial charge on any atom is -0.318 e. The molecule has 36 valence electrons. The molecule has 0 aliphatic rings. The van der Waals surface area contributed by atoms with Gasteiger partial charge in [-0.15, -0.1) is 0 Å². The predicted octanol–water partition coefficient (Wildman–Crippen LogP) is -0.250. The lowest BCUT2D eigenvalue weighted by Crippen LogP contribution is -2.15. The molecule has 0 unspecified atom stereocenters. The molecule has 0 atom stereocenters.